The molecule has 0 amide bonds. The first-order chi connectivity index (χ1) is 10.8. The third-order valence-corrected chi connectivity index (χ3v) is 4.52. The molecule has 0 atom stereocenters. The second-order valence-electron chi connectivity index (χ2n) is 5.86. The van der Waals surface area contributed by atoms with Crippen LogP contribution in [0.4, 0.5) is 5.69 Å². The molecule has 0 fully saturated rings. The van der Waals surface area contributed by atoms with Crippen LogP contribution in [0.15, 0.2) is 52.9 Å². The number of hydrogen-bond acceptors (Lipinski definition) is 3. The largest absolute Gasteiger partial charge is 0.436 e. The fourth-order valence-corrected chi connectivity index (χ4v) is 3.49. The highest BCUT2D eigenvalue weighted by Gasteiger charge is 2.18. The molecule has 1 aromatic heterocycles. The number of nitrogen functional groups attached to an aromatic ring is 1. The van der Waals surface area contributed by atoms with Gasteiger partial charge in [0.1, 0.15) is 5.52 Å². The van der Waals surface area contributed by atoms with Crippen molar-refractivity contribution in [1.82, 2.24) is 4.98 Å². The van der Waals surface area contributed by atoms with Gasteiger partial charge < -0.3 is 10.2 Å². The molecule has 3 aromatic carbocycles. The van der Waals surface area contributed by atoms with Crippen molar-refractivity contribution in [1.29, 1.82) is 0 Å². The zero-order valence-electron chi connectivity index (χ0n) is 12.0. The smallest absolute Gasteiger partial charge is 0.227 e. The number of aryl methyl sites for hydroxylation is 2. The summed E-state index contributed by atoms with van der Waals surface area (Å²) in [5.41, 5.74) is 12.0. The summed E-state index contributed by atoms with van der Waals surface area (Å²) < 4.78 is 5.95. The minimum Gasteiger partial charge on any atom is -0.436 e. The highest BCUT2D eigenvalue weighted by molar-refractivity contribution is 6.00. The van der Waals surface area contributed by atoms with Crippen molar-refractivity contribution >= 4 is 27.6 Å². The summed E-state index contributed by atoms with van der Waals surface area (Å²) in [5.74, 6) is 0.663. The molecule has 3 nitrogen and oxygen atoms in total. The number of benzene rings is 3. The lowest BCUT2D eigenvalue weighted by Crippen LogP contribution is -1.85. The lowest BCUT2D eigenvalue weighted by Gasteiger charge is -2.05. The lowest BCUT2D eigenvalue weighted by molar-refractivity contribution is 0.620. The SMILES string of the molecule is Nc1ccc2oc(-c3ccc4c5c(cccc35)CC4)nc2c1. The predicted molar refractivity (Wildman–Crippen MR) is 88.8 cm³/mol. The summed E-state index contributed by atoms with van der Waals surface area (Å²) in [6.45, 7) is 0. The fourth-order valence-electron chi connectivity index (χ4n) is 3.49. The van der Waals surface area contributed by atoms with Gasteiger partial charge in [0, 0.05) is 11.3 Å². The van der Waals surface area contributed by atoms with Gasteiger partial charge in [0.05, 0.1) is 0 Å². The second kappa shape index (κ2) is 4.10. The summed E-state index contributed by atoms with van der Waals surface area (Å²) in [4.78, 5) is 4.63. The van der Waals surface area contributed by atoms with Crippen molar-refractivity contribution in [2.75, 3.05) is 5.73 Å². The molecule has 0 radical (unpaired) electrons. The van der Waals surface area contributed by atoms with Crippen molar-refractivity contribution < 1.29 is 4.42 Å². The number of anilines is 1. The van der Waals surface area contributed by atoms with Gasteiger partial charge in [-0.2, -0.15) is 0 Å². The lowest BCUT2D eigenvalue weighted by atomic mass is 10.00. The van der Waals surface area contributed by atoms with Crippen molar-refractivity contribution in [2.45, 2.75) is 12.8 Å². The summed E-state index contributed by atoms with van der Waals surface area (Å²) >= 11 is 0. The van der Waals surface area contributed by atoms with Gasteiger partial charge in [-0.3, -0.25) is 0 Å². The summed E-state index contributed by atoms with van der Waals surface area (Å²) in [7, 11) is 0. The Morgan fingerprint density at radius 1 is 0.955 bits per heavy atom. The minimum atomic E-state index is 0.663. The number of nitrogens with zero attached hydrogens (tertiary/aromatic N) is 1. The Kier molecular flexibility index (Phi) is 2.20. The number of nitrogens with two attached hydrogens (primary N) is 1. The van der Waals surface area contributed by atoms with Gasteiger partial charge in [-0.05, 0) is 59.0 Å². The van der Waals surface area contributed by atoms with Gasteiger partial charge in [0.2, 0.25) is 5.89 Å². The molecule has 5 rings (SSSR count). The predicted octanol–water partition coefficient (Wildman–Crippen LogP) is 4.33. The molecule has 3 heteroatoms. The van der Waals surface area contributed by atoms with Gasteiger partial charge in [0.15, 0.2) is 5.58 Å². The Morgan fingerprint density at radius 3 is 2.73 bits per heavy atom. The third-order valence-electron chi connectivity index (χ3n) is 4.52. The van der Waals surface area contributed by atoms with E-state index in [4.69, 9.17) is 10.2 Å². The van der Waals surface area contributed by atoms with Gasteiger partial charge in [-0.25, -0.2) is 4.98 Å². The van der Waals surface area contributed by atoms with Crippen LogP contribution in [0.25, 0.3) is 33.3 Å². The summed E-state index contributed by atoms with van der Waals surface area (Å²) in [5, 5.41) is 2.61. The molecule has 0 spiro atoms. The van der Waals surface area contributed by atoms with Crippen molar-refractivity contribution in [3.05, 3.63) is 59.7 Å². The molecule has 0 unspecified atom stereocenters. The van der Waals surface area contributed by atoms with E-state index in [-0.39, 0.29) is 0 Å². The number of rotatable bonds is 1. The molecule has 0 aliphatic heterocycles. The van der Waals surface area contributed by atoms with Gasteiger partial charge in [-0.15, -0.1) is 0 Å². The Labute approximate surface area is 127 Å². The van der Waals surface area contributed by atoms with E-state index in [1.54, 1.807) is 0 Å². The van der Waals surface area contributed by atoms with Crippen LogP contribution < -0.4 is 5.73 Å². The normalized spacial score (nSPS) is 13.3. The number of aromatic nitrogens is 1. The van der Waals surface area contributed by atoms with Crippen LogP contribution in [0, 0.1) is 0 Å². The first-order valence-corrected chi connectivity index (χ1v) is 7.49. The van der Waals surface area contributed by atoms with Crippen LogP contribution in [0.3, 0.4) is 0 Å². The molecule has 0 saturated heterocycles. The Bertz CT molecular complexity index is 1040. The van der Waals surface area contributed by atoms with Crippen molar-refractivity contribution in [2.24, 2.45) is 0 Å². The average Bonchev–Trinajstić information content (AvgIpc) is 3.13. The third kappa shape index (κ3) is 1.53. The van der Waals surface area contributed by atoms with E-state index in [9.17, 15) is 0 Å². The van der Waals surface area contributed by atoms with E-state index in [2.05, 4.69) is 35.3 Å². The van der Waals surface area contributed by atoms with Crippen LogP contribution >= 0.6 is 0 Å². The van der Waals surface area contributed by atoms with E-state index in [0.717, 1.165) is 29.5 Å². The molecule has 0 bridgehead atoms. The maximum atomic E-state index is 5.95. The number of hydrogen-bond donors (Lipinski definition) is 1. The molecule has 1 aliphatic carbocycles. The van der Waals surface area contributed by atoms with Crippen molar-refractivity contribution in [3.63, 3.8) is 0 Å². The van der Waals surface area contributed by atoms with Crippen LogP contribution in [-0.2, 0) is 12.8 Å². The van der Waals surface area contributed by atoms with Gasteiger partial charge in [0.25, 0.3) is 0 Å². The van der Waals surface area contributed by atoms with E-state index >= 15 is 0 Å². The molecule has 106 valence electrons. The van der Waals surface area contributed by atoms with Crippen LogP contribution in [-0.4, -0.2) is 4.98 Å². The summed E-state index contributed by atoms with van der Waals surface area (Å²) in [6.07, 6.45) is 2.25. The first-order valence-electron chi connectivity index (χ1n) is 7.49. The quantitative estimate of drug-likeness (QED) is 0.530. The van der Waals surface area contributed by atoms with E-state index in [1.165, 1.54) is 21.9 Å². The molecule has 0 saturated carbocycles. The number of fused-ring (bicyclic) bond motifs is 1. The van der Waals surface area contributed by atoms with E-state index in [1.807, 2.05) is 18.2 Å². The Morgan fingerprint density at radius 2 is 1.82 bits per heavy atom. The first kappa shape index (κ1) is 11.8. The van der Waals surface area contributed by atoms with E-state index in [0.29, 0.717) is 11.6 Å². The highest BCUT2D eigenvalue weighted by Crippen LogP contribution is 2.37. The van der Waals surface area contributed by atoms with Gasteiger partial charge >= 0.3 is 0 Å². The van der Waals surface area contributed by atoms with Gasteiger partial charge in [-0.1, -0.05) is 24.3 Å². The van der Waals surface area contributed by atoms with Crippen LogP contribution in [0.1, 0.15) is 11.1 Å². The molecular formula is C19H14N2O. The second-order valence-corrected chi connectivity index (χ2v) is 5.86. The Balaban J connectivity index is 1.82. The maximum absolute atomic E-state index is 5.95. The minimum absolute atomic E-state index is 0.663. The number of oxazole rings is 1. The molecular weight excluding hydrogens is 272 g/mol. The maximum Gasteiger partial charge on any atom is 0.227 e. The summed E-state index contributed by atoms with van der Waals surface area (Å²) in [6, 6.07) is 16.4. The zero-order valence-corrected chi connectivity index (χ0v) is 12.0. The monoisotopic (exact) mass is 286 g/mol. The molecule has 1 aliphatic rings. The van der Waals surface area contributed by atoms with Crippen LogP contribution in [0.5, 0.6) is 0 Å². The Hall–Kier alpha value is -2.81. The standard InChI is InChI=1S/C19H14N2O/c20-13-7-9-17-16(10-13)21-19(22-17)15-8-6-12-5-4-11-2-1-3-14(15)18(11)12/h1-3,6-10H,4-5,20H2. The molecule has 2 N–H and O–H groups in total. The molecule has 22 heavy (non-hydrogen) atoms. The van der Waals surface area contributed by atoms with Crippen molar-refractivity contribution in [3.8, 4) is 11.5 Å². The molecule has 1 heterocycles. The zero-order chi connectivity index (χ0) is 14.7. The molecule has 4 aromatic rings. The average molecular weight is 286 g/mol. The fraction of sp³-hybridized carbons (Fsp3) is 0.105. The highest BCUT2D eigenvalue weighted by atomic mass is 16.3. The topological polar surface area (TPSA) is 52.0 Å². The van der Waals surface area contributed by atoms with Crippen LogP contribution in [0.2, 0.25) is 0 Å². The van der Waals surface area contributed by atoms with E-state index < -0.39 is 0 Å².